The molecule has 20 aliphatic rings. The maximum atomic E-state index is 12.4. The van der Waals surface area contributed by atoms with Gasteiger partial charge < -0.3 is 78.7 Å². The summed E-state index contributed by atoms with van der Waals surface area (Å²) in [6.45, 7) is 26.7. The van der Waals surface area contributed by atoms with Gasteiger partial charge in [-0.1, -0.05) is 155 Å². The molecule has 30 atom stereocenters. The maximum Gasteiger partial charge on any atom is 0.226 e. The minimum atomic E-state index is -1.54. The molecule has 0 radical (unpaired) electrons. The predicted octanol–water partition coefficient (Wildman–Crippen LogP) is 13.5. The molecular weight excluding hydrogens is 1450 g/mol. The lowest BCUT2D eigenvalue weighted by molar-refractivity contribution is -0.257. The molecule has 114 heavy (non-hydrogen) atoms. The summed E-state index contributed by atoms with van der Waals surface area (Å²) in [7, 11) is 0. The number of carbonyl (C=O) groups is 4. The summed E-state index contributed by atoms with van der Waals surface area (Å²) in [5, 5.41) is 86.6. The molecule has 0 bridgehead atoms. The van der Waals surface area contributed by atoms with Gasteiger partial charge in [-0.05, 0) is 259 Å². The first kappa shape index (κ1) is 85.5. The number of Topliss-reactive ketones (excluding diaryl/α,β-unsaturated/α-hetero) is 2. The smallest absolute Gasteiger partial charge is 0.226 e. The first-order valence-corrected chi connectivity index (χ1v) is 44.7. The van der Waals surface area contributed by atoms with Gasteiger partial charge in [0.1, 0.15) is 48.8 Å². The molecule has 4 heterocycles. The van der Waals surface area contributed by atoms with Crippen LogP contribution < -0.4 is 0 Å². The topological polar surface area (TPSA) is 304 Å². The molecule has 20 heteroatoms. The highest BCUT2D eigenvalue weighted by atomic mass is 16.9. The van der Waals surface area contributed by atoms with Gasteiger partial charge in [-0.15, -0.1) is 0 Å². The molecular formula is C94H140O20. The van der Waals surface area contributed by atoms with Crippen LogP contribution in [0.5, 0.6) is 0 Å². The molecule has 2 unspecified atom stereocenters. The summed E-state index contributed by atoms with van der Waals surface area (Å²) < 4.78 is 48.2. The van der Waals surface area contributed by atoms with Crippen molar-refractivity contribution >= 4 is 23.1 Å². The standard InChI is InChI=1S/C23H32O6.C23H32O5.C21H30O5.C21H30O4.2C3H8/c1-20-7-5-15(24)9-14(20)3-4-16-17-6-8-22(21(17,2)10-18(25)19(16)20)23(29-13-27-22)11-26-12-28-23;1-20-9-4-3-5-15(20)6-7-16-17-8-10-22(21(17,2)11-18(24)19(16)20)23(28-14-26-22)12-25-13-27-23;1-19-7-5-13(23)9-12(19)3-4-14-15-6-8-21(26,17(25)11-22)20(15,2)10-16(24)18(14)19;1-19-9-4-3-5-13(19)6-7-14-15-8-10-21(25,17(24)12-22)20(15,2)11-16(23)18(14)19;2*1-3-2/h9,16-19,25H,3-8,10-13H2,1-2H3;3-5,16-19,24H,6-14H2,1-2H3;9,14-16,18,22,24,26H,3-8,10-11H2,1-2H3;3-5,14-16,18,22-23,25H,6-12H2,1-2H3;2*3H2,1-2H3/t2*16-,17-,18-,19+,20-,21-,22+,23?;2*14-,15-,16-,18+,19-,20-,21-;;/m0000../s1. The largest absolute Gasteiger partial charge is 0.393 e. The lowest BCUT2D eigenvalue weighted by Crippen LogP contribution is -2.66. The van der Waals surface area contributed by atoms with E-state index in [4.69, 9.17) is 37.9 Å². The number of ketones is 4. The van der Waals surface area contributed by atoms with E-state index in [0.717, 1.165) is 116 Å². The van der Waals surface area contributed by atoms with E-state index in [1.165, 1.54) is 41.6 Å². The first-order valence-electron chi connectivity index (χ1n) is 44.7. The van der Waals surface area contributed by atoms with Gasteiger partial charge in [-0.2, -0.15) is 0 Å². The number of fused-ring (bicyclic) bond motifs is 24. The summed E-state index contributed by atoms with van der Waals surface area (Å²) in [6.07, 6.45) is 39.1. The molecule has 0 amide bonds. The Morgan fingerprint density at radius 1 is 0.395 bits per heavy atom. The minimum absolute atomic E-state index is 0.0138. The maximum absolute atomic E-state index is 12.4. The molecule has 636 valence electrons. The molecule has 4 saturated heterocycles. The van der Waals surface area contributed by atoms with E-state index >= 15 is 0 Å². The van der Waals surface area contributed by atoms with Crippen LogP contribution in [0.25, 0.3) is 0 Å². The third kappa shape index (κ3) is 12.2. The summed E-state index contributed by atoms with van der Waals surface area (Å²) in [5.74, 6) is 1.46. The van der Waals surface area contributed by atoms with Crippen LogP contribution in [0.15, 0.2) is 70.9 Å². The van der Waals surface area contributed by atoms with Crippen molar-refractivity contribution in [1.29, 1.82) is 0 Å². The van der Waals surface area contributed by atoms with Crippen LogP contribution in [0.1, 0.15) is 263 Å². The van der Waals surface area contributed by atoms with E-state index < -0.39 is 87.9 Å². The van der Waals surface area contributed by atoms with E-state index in [0.29, 0.717) is 93.7 Å². The number of aliphatic hydroxyl groups is 8. The van der Waals surface area contributed by atoms with Gasteiger partial charge >= 0.3 is 0 Å². The van der Waals surface area contributed by atoms with E-state index in [-0.39, 0.29) is 113 Å². The third-order valence-electron chi connectivity index (χ3n) is 36.6. The van der Waals surface area contributed by atoms with Crippen molar-refractivity contribution in [3.8, 4) is 0 Å². The molecule has 0 aromatic heterocycles. The average molecular weight is 1590 g/mol. The fourth-order valence-electron chi connectivity index (χ4n) is 31.5. The fraction of sp³-hybridized carbons (Fsp3) is 0.830. The lowest BCUT2D eigenvalue weighted by atomic mass is 9.45. The molecule has 20 rings (SSSR count). The van der Waals surface area contributed by atoms with Crippen molar-refractivity contribution in [2.24, 2.45) is 114 Å². The Labute approximate surface area is 677 Å². The van der Waals surface area contributed by atoms with Crippen molar-refractivity contribution in [3.63, 3.8) is 0 Å². The van der Waals surface area contributed by atoms with Crippen molar-refractivity contribution < 1.29 is 97.9 Å². The zero-order valence-electron chi connectivity index (χ0n) is 70.8. The van der Waals surface area contributed by atoms with Crippen LogP contribution in [0, 0.1) is 114 Å². The van der Waals surface area contributed by atoms with E-state index in [1.54, 1.807) is 6.08 Å². The van der Waals surface area contributed by atoms with Crippen LogP contribution in [-0.2, 0) is 57.1 Å². The number of hydrogen-bond acceptors (Lipinski definition) is 20. The fourth-order valence-corrected chi connectivity index (χ4v) is 31.5. The number of hydrogen-bond donors (Lipinski definition) is 8. The van der Waals surface area contributed by atoms with Gasteiger partial charge in [0.15, 0.2) is 50.3 Å². The molecule has 16 fully saturated rings. The second kappa shape index (κ2) is 30.8. The highest BCUT2D eigenvalue weighted by molar-refractivity contribution is 5.92. The Kier molecular flexibility index (Phi) is 23.1. The minimum Gasteiger partial charge on any atom is -0.393 e. The quantitative estimate of drug-likeness (QED) is 0.130. The second-order valence-corrected chi connectivity index (χ2v) is 41.3. The van der Waals surface area contributed by atoms with Crippen molar-refractivity contribution in [3.05, 3.63) is 70.9 Å². The number of rotatable bonds is 4. The van der Waals surface area contributed by atoms with Crippen molar-refractivity contribution in [2.75, 3.05) is 53.6 Å². The monoisotopic (exact) mass is 1590 g/mol. The van der Waals surface area contributed by atoms with Crippen LogP contribution in [0.3, 0.4) is 0 Å². The van der Waals surface area contributed by atoms with Crippen molar-refractivity contribution in [1.82, 2.24) is 0 Å². The number of ether oxygens (including phenoxy) is 8. The molecule has 0 aromatic rings. The molecule has 12 saturated carbocycles. The number of aliphatic hydroxyl groups excluding tert-OH is 6. The molecule has 4 aliphatic heterocycles. The summed E-state index contributed by atoms with van der Waals surface area (Å²) in [6, 6.07) is 0. The highest BCUT2D eigenvalue weighted by Gasteiger charge is 2.80. The summed E-state index contributed by atoms with van der Waals surface area (Å²) in [5.41, 5.74) is -0.578. The van der Waals surface area contributed by atoms with E-state index in [9.17, 15) is 60.0 Å². The molecule has 0 aromatic carbocycles. The number of allylic oxidation sites excluding steroid dienone is 10. The van der Waals surface area contributed by atoms with Gasteiger partial charge in [0, 0.05) is 34.5 Å². The Bertz CT molecular complexity index is 3830. The zero-order valence-corrected chi connectivity index (χ0v) is 70.8. The van der Waals surface area contributed by atoms with Crippen LogP contribution in [0.2, 0.25) is 0 Å². The SMILES string of the molecule is CCC.CCC.C[C@]12CC=CC=C1CC[C@@H]1[C@@H]2[C@@H](O)C[C@@]2(C)[C@H]1CC[C@@]21OCOC12COCO2.C[C@]12CC=CC=C1CC[C@@H]1[C@@H]2[C@@H](O)C[C@@]2(C)[C@H]1CC[C@]2(O)C(=O)CO.C[C@]12CCC(=O)C=C1CC[C@@H]1[C@@H]2[C@@H](O)C[C@@]2(C)[C@H]1CC[C@@]21OCOC12COCO2.C[C@]12CCC(=O)C=C1CC[C@@H]1[C@@H]2[C@@H](O)C[C@@]2(C)[C@H]1CC[C@]2(O)C(=O)CO. The van der Waals surface area contributed by atoms with Crippen LogP contribution in [0.4, 0.5) is 0 Å². The lowest BCUT2D eigenvalue weighted by Gasteiger charge is -2.61. The van der Waals surface area contributed by atoms with Gasteiger partial charge in [-0.25, -0.2) is 0 Å². The second-order valence-electron chi connectivity index (χ2n) is 41.3. The van der Waals surface area contributed by atoms with Crippen molar-refractivity contribution in [2.45, 2.75) is 321 Å². The highest BCUT2D eigenvalue weighted by Crippen LogP contribution is 2.76. The van der Waals surface area contributed by atoms with Crippen LogP contribution in [-0.4, -0.2) is 176 Å². The Morgan fingerprint density at radius 3 is 1.04 bits per heavy atom. The summed E-state index contributed by atoms with van der Waals surface area (Å²) >= 11 is 0. The van der Waals surface area contributed by atoms with Gasteiger partial charge in [0.05, 0.1) is 24.4 Å². The van der Waals surface area contributed by atoms with Gasteiger partial charge in [0.25, 0.3) is 0 Å². The van der Waals surface area contributed by atoms with Gasteiger partial charge in [-0.3, -0.25) is 19.2 Å². The van der Waals surface area contributed by atoms with Gasteiger partial charge in [0.2, 0.25) is 11.6 Å². The predicted molar refractivity (Wildman–Crippen MR) is 426 cm³/mol. The average Bonchev–Trinajstić information content (AvgIpc) is 1.50. The molecule has 16 aliphatic carbocycles. The zero-order chi connectivity index (χ0) is 81.6. The third-order valence-corrected chi connectivity index (χ3v) is 36.6. The molecule has 20 nitrogen and oxygen atoms in total. The Morgan fingerprint density at radius 2 is 0.702 bits per heavy atom. The summed E-state index contributed by atoms with van der Waals surface area (Å²) in [4.78, 5) is 48.7. The Hall–Kier alpha value is -3.52. The van der Waals surface area contributed by atoms with E-state index in [1.807, 2.05) is 19.9 Å². The first-order chi connectivity index (χ1) is 54.1. The molecule has 8 N–H and O–H groups in total. The van der Waals surface area contributed by atoms with Crippen LogP contribution >= 0.6 is 0 Å². The van der Waals surface area contributed by atoms with E-state index in [2.05, 4.69) is 106 Å². The normalized spacial score (nSPS) is 51.5. The number of carbonyl (C=O) groups excluding carboxylic acids is 4. The molecule has 4 spiro atoms. The Balaban J connectivity index is 0.000000117.